The van der Waals surface area contributed by atoms with E-state index in [9.17, 15) is 14.3 Å². The molecule has 0 saturated heterocycles. The number of rotatable bonds is 2. The van der Waals surface area contributed by atoms with E-state index in [4.69, 9.17) is 5.73 Å². The molecule has 2 aromatic rings. The van der Waals surface area contributed by atoms with Crippen molar-refractivity contribution >= 4 is 5.97 Å². The number of fused-ring (bicyclic) bond motifs is 1. The third-order valence-corrected chi connectivity index (χ3v) is 3.57. The Morgan fingerprint density at radius 1 is 1.45 bits per heavy atom. The molecular formula is C14H14FN3O2. The minimum absolute atomic E-state index is 0.0293. The van der Waals surface area contributed by atoms with Crippen molar-refractivity contribution in [2.75, 3.05) is 0 Å². The fraction of sp³-hybridized carbons (Fsp3) is 0.286. The van der Waals surface area contributed by atoms with Crippen LogP contribution in [0.1, 0.15) is 22.6 Å². The lowest BCUT2D eigenvalue weighted by Crippen LogP contribution is -2.31. The van der Waals surface area contributed by atoms with E-state index in [1.165, 1.54) is 6.07 Å². The van der Waals surface area contributed by atoms with Crippen molar-refractivity contribution in [1.29, 1.82) is 0 Å². The average Bonchev–Trinajstić information content (AvgIpc) is 2.78. The van der Waals surface area contributed by atoms with Gasteiger partial charge in [-0.05, 0) is 18.6 Å². The first-order chi connectivity index (χ1) is 9.58. The normalized spacial score (nSPS) is 17.8. The summed E-state index contributed by atoms with van der Waals surface area (Å²) in [7, 11) is 0. The monoisotopic (exact) mass is 275 g/mol. The predicted octanol–water partition coefficient (Wildman–Crippen LogP) is 1.66. The van der Waals surface area contributed by atoms with E-state index in [-0.39, 0.29) is 11.7 Å². The number of hydrogen-bond acceptors (Lipinski definition) is 3. The molecule has 1 unspecified atom stereocenters. The van der Waals surface area contributed by atoms with Gasteiger partial charge in [-0.25, -0.2) is 14.2 Å². The summed E-state index contributed by atoms with van der Waals surface area (Å²) < 4.78 is 15.7. The van der Waals surface area contributed by atoms with Crippen molar-refractivity contribution in [2.24, 2.45) is 5.73 Å². The van der Waals surface area contributed by atoms with Gasteiger partial charge in [-0.1, -0.05) is 12.1 Å². The van der Waals surface area contributed by atoms with Crippen molar-refractivity contribution < 1.29 is 14.3 Å². The molecular weight excluding hydrogens is 261 g/mol. The largest absolute Gasteiger partial charge is 0.476 e. The molecule has 1 aliphatic heterocycles. The van der Waals surface area contributed by atoms with E-state index in [0.29, 0.717) is 30.0 Å². The molecule has 1 aromatic carbocycles. The first-order valence-electron chi connectivity index (χ1n) is 6.41. The fourth-order valence-electron chi connectivity index (χ4n) is 2.60. The molecule has 3 N–H and O–H groups in total. The molecule has 0 spiro atoms. The van der Waals surface area contributed by atoms with Crippen molar-refractivity contribution in [3.8, 4) is 11.4 Å². The van der Waals surface area contributed by atoms with Crippen LogP contribution in [0.4, 0.5) is 4.39 Å². The van der Waals surface area contributed by atoms with Gasteiger partial charge < -0.3 is 15.4 Å². The van der Waals surface area contributed by atoms with Gasteiger partial charge in [-0.2, -0.15) is 0 Å². The van der Waals surface area contributed by atoms with Gasteiger partial charge in [-0.3, -0.25) is 0 Å². The van der Waals surface area contributed by atoms with Gasteiger partial charge >= 0.3 is 5.97 Å². The second kappa shape index (κ2) is 4.72. The van der Waals surface area contributed by atoms with E-state index < -0.39 is 11.8 Å². The molecule has 0 bridgehead atoms. The van der Waals surface area contributed by atoms with Gasteiger partial charge in [0.1, 0.15) is 11.6 Å². The number of carboxylic acids is 1. The van der Waals surface area contributed by atoms with Crippen LogP contribution < -0.4 is 5.73 Å². The third kappa shape index (κ3) is 1.98. The number of nitrogens with two attached hydrogens (primary N) is 1. The van der Waals surface area contributed by atoms with E-state index in [2.05, 4.69) is 4.98 Å². The third-order valence-electron chi connectivity index (χ3n) is 3.57. The number of halogens is 1. The summed E-state index contributed by atoms with van der Waals surface area (Å²) in [4.78, 5) is 15.4. The van der Waals surface area contributed by atoms with E-state index in [0.717, 1.165) is 6.42 Å². The van der Waals surface area contributed by atoms with Gasteiger partial charge in [0, 0.05) is 19.0 Å². The second-order valence-electron chi connectivity index (χ2n) is 4.92. The molecule has 2 heterocycles. The molecule has 6 heteroatoms. The summed E-state index contributed by atoms with van der Waals surface area (Å²) >= 11 is 0. The molecule has 0 saturated carbocycles. The molecule has 1 aliphatic rings. The molecule has 0 amide bonds. The van der Waals surface area contributed by atoms with Crippen molar-refractivity contribution in [3.63, 3.8) is 0 Å². The summed E-state index contributed by atoms with van der Waals surface area (Å²) in [6.45, 7) is 0.556. The maximum atomic E-state index is 13.9. The summed E-state index contributed by atoms with van der Waals surface area (Å²) in [6, 6.07) is 6.16. The van der Waals surface area contributed by atoms with E-state index in [1.54, 1.807) is 22.8 Å². The topological polar surface area (TPSA) is 81.1 Å². The Morgan fingerprint density at radius 3 is 2.90 bits per heavy atom. The lowest BCUT2D eigenvalue weighted by molar-refractivity contribution is 0.0689. The van der Waals surface area contributed by atoms with Gasteiger partial charge in [0.05, 0.1) is 11.3 Å². The number of imidazole rings is 1. The van der Waals surface area contributed by atoms with Crippen LogP contribution in [0.3, 0.4) is 0 Å². The van der Waals surface area contributed by atoms with Crippen LogP contribution in [0.2, 0.25) is 0 Å². The molecule has 0 radical (unpaired) electrons. The zero-order valence-electron chi connectivity index (χ0n) is 10.7. The summed E-state index contributed by atoms with van der Waals surface area (Å²) in [5.74, 6) is -1.15. The predicted molar refractivity (Wildman–Crippen MR) is 70.9 cm³/mol. The highest BCUT2D eigenvalue weighted by molar-refractivity contribution is 5.88. The lowest BCUT2D eigenvalue weighted by Gasteiger charge is -2.22. The SMILES string of the molecule is NC1CCn2c(-c3ccccc3F)nc(C(=O)O)c2C1. The van der Waals surface area contributed by atoms with Crippen LogP contribution >= 0.6 is 0 Å². The maximum Gasteiger partial charge on any atom is 0.356 e. The molecule has 1 atom stereocenters. The minimum Gasteiger partial charge on any atom is -0.476 e. The van der Waals surface area contributed by atoms with Gasteiger partial charge in [0.2, 0.25) is 0 Å². The molecule has 1 aromatic heterocycles. The fourth-order valence-corrected chi connectivity index (χ4v) is 2.60. The Bertz CT molecular complexity index is 681. The van der Waals surface area contributed by atoms with Crippen LogP contribution in [-0.2, 0) is 13.0 Å². The standard InChI is InChI=1S/C14H14FN3O2/c15-10-4-2-1-3-9(10)13-17-12(14(19)20)11-7-8(16)5-6-18(11)13/h1-4,8H,5-7,16H2,(H,19,20). The highest BCUT2D eigenvalue weighted by Crippen LogP contribution is 2.28. The van der Waals surface area contributed by atoms with Gasteiger partial charge in [0.15, 0.2) is 5.69 Å². The minimum atomic E-state index is -1.11. The Morgan fingerprint density at radius 2 is 2.20 bits per heavy atom. The van der Waals surface area contributed by atoms with Crippen molar-refractivity contribution in [1.82, 2.24) is 9.55 Å². The molecule has 3 rings (SSSR count). The zero-order valence-corrected chi connectivity index (χ0v) is 10.7. The first-order valence-corrected chi connectivity index (χ1v) is 6.41. The van der Waals surface area contributed by atoms with E-state index in [1.807, 2.05) is 0 Å². The number of nitrogens with zero attached hydrogens (tertiary/aromatic N) is 2. The smallest absolute Gasteiger partial charge is 0.356 e. The molecule has 0 aliphatic carbocycles. The van der Waals surface area contributed by atoms with Crippen LogP contribution in [0.5, 0.6) is 0 Å². The van der Waals surface area contributed by atoms with E-state index >= 15 is 0 Å². The van der Waals surface area contributed by atoms with Crippen molar-refractivity contribution in [2.45, 2.75) is 25.4 Å². The number of aromatic carboxylic acids is 1. The number of aromatic nitrogens is 2. The summed E-state index contributed by atoms with van der Waals surface area (Å²) in [5, 5.41) is 9.25. The Kier molecular flexibility index (Phi) is 3.02. The Labute approximate surface area is 114 Å². The average molecular weight is 275 g/mol. The molecule has 20 heavy (non-hydrogen) atoms. The number of hydrogen-bond donors (Lipinski definition) is 2. The maximum absolute atomic E-state index is 13.9. The number of benzene rings is 1. The van der Waals surface area contributed by atoms with Crippen LogP contribution in [0.15, 0.2) is 24.3 Å². The van der Waals surface area contributed by atoms with Crippen molar-refractivity contribution in [3.05, 3.63) is 41.5 Å². The molecule has 5 nitrogen and oxygen atoms in total. The highest BCUT2D eigenvalue weighted by Gasteiger charge is 2.28. The quantitative estimate of drug-likeness (QED) is 0.873. The number of carboxylic acid groups (broad SMARTS) is 1. The molecule has 0 fully saturated rings. The zero-order chi connectivity index (χ0) is 14.3. The summed E-state index contributed by atoms with van der Waals surface area (Å²) in [5.41, 5.74) is 6.75. The van der Waals surface area contributed by atoms with Gasteiger partial charge in [-0.15, -0.1) is 0 Å². The summed E-state index contributed by atoms with van der Waals surface area (Å²) in [6.07, 6.45) is 1.17. The highest BCUT2D eigenvalue weighted by atomic mass is 19.1. The molecule has 104 valence electrons. The lowest BCUT2D eigenvalue weighted by atomic mass is 10.0. The number of carbonyl (C=O) groups is 1. The Balaban J connectivity index is 2.20. The second-order valence-corrected chi connectivity index (χ2v) is 4.92. The van der Waals surface area contributed by atoms with Crippen LogP contribution in [0.25, 0.3) is 11.4 Å². The van der Waals surface area contributed by atoms with Gasteiger partial charge in [0.25, 0.3) is 0 Å². The Hall–Kier alpha value is -2.21. The first kappa shape index (κ1) is 12.8. The van der Waals surface area contributed by atoms with Crippen LogP contribution in [-0.4, -0.2) is 26.7 Å². The van der Waals surface area contributed by atoms with Crippen LogP contribution in [0, 0.1) is 5.82 Å².